The van der Waals surface area contributed by atoms with Gasteiger partial charge in [0, 0.05) is 17.5 Å². The molecule has 1 amide bonds. The summed E-state index contributed by atoms with van der Waals surface area (Å²) in [4.78, 5) is 11.8. The van der Waals surface area contributed by atoms with Crippen molar-refractivity contribution >= 4 is 23.4 Å². The summed E-state index contributed by atoms with van der Waals surface area (Å²) in [5.74, 6) is 0.513. The number of nitrogens with two attached hydrogens (primary N) is 1. The van der Waals surface area contributed by atoms with Crippen LogP contribution in [0.25, 0.3) is 0 Å². The van der Waals surface area contributed by atoms with Crippen molar-refractivity contribution in [2.75, 3.05) is 18.0 Å². The third-order valence-corrected chi connectivity index (χ3v) is 4.17. The lowest BCUT2D eigenvalue weighted by atomic mass is 10.1. The van der Waals surface area contributed by atoms with Crippen LogP contribution in [0.5, 0.6) is 0 Å². The predicted molar refractivity (Wildman–Crippen MR) is 68.6 cm³/mol. The van der Waals surface area contributed by atoms with Crippen LogP contribution < -0.4 is 11.1 Å². The minimum absolute atomic E-state index is 0.182. The molecule has 17 heavy (non-hydrogen) atoms. The van der Waals surface area contributed by atoms with Crippen LogP contribution in [-0.4, -0.2) is 23.5 Å². The van der Waals surface area contributed by atoms with E-state index in [1.807, 2.05) is 11.8 Å². The van der Waals surface area contributed by atoms with Crippen LogP contribution in [0.4, 0.5) is 10.1 Å². The summed E-state index contributed by atoms with van der Waals surface area (Å²) in [6, 6.07) is 3.83. The SMILES string of the molecule is Nc1cc(F)ccc1C(=O)NCC1CCCS1. The van der Waals surface area contributed by atoms with Crippen molar-refractivity contribution in [3.8, 4) is 0 Å². The van der Waals surface area contributed by atoms with E-state index in [1.54, 1.807) is 0 Å². The average molecular weight is 254 g/mol. The molecule has 0 aliphatic carbocycles. The van der Waals surface area contributed by atoms with E-state index in [2.05, 4.69) is 5.32 Å². The van der Waals surface area contributed by atoms with Crippen molar-refractivity contribution in [1.29, 1.82) is 0 Å². The Morgan fingerprint density at radius 2 is 2.41 bits per heavy atom. The monoisotopic (exact) mass is 254 g/mol. The van der Waals surface area contributed by atoms with Gasteiger partial charge in [0.25, 0.3) is 5.91 Å². The van der Waals surface area contributed by atoms with Crippen LogP contribution in [0.1, 0.15) is 23.2 Å². The number of nitrogens with one attached hydrogen (secondary N) is 1. The molecule has 1 unspecified atom stereocenters. The number of rotatable bonds is 3. The van der Waals surface area contributed by atoms with Crippen molar-refractivity contribution in [3.63, 3.8) is 0 Å². The van der Waals surface area contributed by atoms with E-state index in [9.17, 15) is 9.18 Å². The number of halogens is 1. The number of amides is 1. The molecule has 1 aromatic rings. The molecular formula is C12H15FN2OS. The Bertz CT molecular complexity index is 419. The summed E-state index contributed by atoms with van der Waals surface area (Å²) in [7, 11) is 0. The van der Waals surface area contributed by atoms with Gasteiger partial charge in [-0.2, -0.15) is 11.8 Å². The molecule has 0 saturated carbocycles. The summed E-state index contributed by atoms with van der Waals surface area (Å²) in [5.41, 5.74) is 6.12. The predicted octanol–water partition coefficient (Wildman–Crippen LogP) is 2.03. The lowest BCUT2D eigenvalue weighted by molar-refractivity contribution is 0.0954. The van der Waals surface area contributed by atoms with Gasteiger partial charge in [-0.25, -0.2) is 4.39 Å². The topological polar surface area (TPSA) is 55.1 Å². The van der Waals surface area contributed by atoms with Gasteiger partial charge in [0.2, 0.25) is 0 Å². The van der Waals surface area contributed by atoms with Crippen LogP contribution in [0.3, 0.4) is 0 Å². The van der Waals surface area contributed by atoms with Gasteiger partial charge in [-0.1, -0.05) is 0 Å². The Hall–Kier alpha value is -1.23. The molecule has 0 spiro atoms. The smallest absolute Gasteiger partial charge is 0.253 e. The fourth-order valence-electron chi connectivity index (χ4n) is 1.85. The van der Waals surface area contributed by atoms with Crippen LogP contribution >= 0.6 is 11.8 Å². The molecule has 1 heterocycles. The lowest BCUT2D eigenvalue weighted by Crippen LogP contribution is -2.30. The van der Waals surface area contributed by atoms with Gasteiger partial charge in [0.1, 0.15) is 5.82 Å². The highest BCUT2D eigenvalue weighted by molar-refractivity contribution is 8.00. The molecule has 92 valence electrons. The van der Waals surface area contributed by atoms with E-state index < -0.39 is 5.82 Å². The van der Waals surface area contributed by atoms with E-state index in [1.165, 1.54) is 30.4 Å². The Morgan fingerprint density at radius 1 is 1.59 bits per heavy atom. The van der Waals surface area contributed by atoms with Gasteiger partial charge in [0.15, 0.2) is 0 Å². The molecule has 1 aliphatic rings. The first-order valence-corrected chi connectivity index (χ1v) is 6.66. The van der Waals surface area contributed by atoms with E-state index >= 15 is 0 Å². The summed E-state index contributed by atoms with van der Waals surface area (Å²) in [6.07, 6.45) is 2.35. The molecule has 1 aliphatic heterocycles. The van der Waals surface area contributed by atoms with E-state index in [-0.39, 0.29) is 11.6 Å². The Balaban J connectivity index is 1.94. The van der Waals surface area contributed by atoms with Gasteiger partial charge in [-0.05, 0) is 36.8 Å². The number of anilines is 1. The number of carbonyl (C=O) groups excluding carboxylic acids is 1. The highest BCUT2D eigenvalue weighted by atomic mass is 32.2. The normalized spacial score (nSPS) is 19.2. The Labute approximate surface area is 104 Å². The molecule has 2 rings (SSSR count). The Kier molecular flexibility index (Phi) is 3.89. The van der Waals surface area contributed by atoms with Crippen molar-refractivity contribution < 1.29 is 9.18 Å². The van der Waals surface area contributed by atoms with Gasteiger partial charge >= 0.3 is 0 Å². The molecular weight excluding hydrogens is 239 g/mol. The molecule has 0 radical (unpaired) electrons. The summed E-state index contributed by atoms with van der Waals surface area (Å²) >= 11 is 1.88. The minimum Gasteiger partial charge on any atom is -0.398 e. The Morgan fingerprint density at radius 3 is 3.06 bits per heavy atom. The molecule has 1 atom stereocenters. The van der Waals surface area contributed by atoms with Gasteiger partial charge in [-0.15, -0.1) is 0 Å². The largest absolute Gasteiger partial charge is 0.398 e. The number of thioether (sulfide) groups is 1. The first-order chi connectivity index (χ1) is 8.16. The highest BCUT2D eigenvalue weighted by Gasteiger charge is 2.17. The van der Waals surface area contributed by atoms with Gasteiger partial charge < -0.3 is 11.1 Å². The fourth-order valence-corrected chi connectivity index (χ4v) is 3.05. The molecule has 1 aromatic carbocycles. The molecule has 5 heteroatoms. The summed E-state index contributed by atoms with van der Waals surface area (Å²) in [6.45, 7) is 0.653. The molecule has 3 N–H and O–H groups in total. The highest BCUT2D eigenvalue weighted by Crippen LogP contribution is 2.25. The van der Waals surface area contributed by atoms with E-state index in [0.717, 1.165) is 6.42 Å². The van der Waals surface area contributed by atoms with Crippen molar-refractivity contribution in [3.05, 3.63) is 29.6 Å². The maximum absolute atomic E-state index is 12.8. The van der Waals surface area contributed by atoms with Gasteiger partial charge in [-0.3, -0.25) is 4.79 Å². The third kappa shape index (κ3) is 3.12. The molecule has 1 saturated heterocycles. The zero-order valence-corrected chi connectivity index (χ0v) is 10.2. The number of hydrogen-bond donors (Lipinski definition) is 2. The van der Waals surface area contributed by atoms with Crippen molar-refractivity contribution in [1.82, 2.24) is 5.32 Å². The maximum Gasteiger partial charge on any atom is 0.253 e. The molecule has 0 aromatic heterocycles. The number of carbonyl (C=O) groups is 1. The van der Waals surface area contributed by atoms with E-state index in [4.69, 9.17) is 5.73 Å². The summed E-state index contributed by atoms with van der Waals surface area (Å²) in [5, 5.41) is 3.34. The fraction of sp³-hybridized carbons (Fsp3) is 0.417. The molecule has 0 bridgehead atoms. The van der Waals surface area contributed by atoms with Crippen LogP contribution in [0.2, 0.25) is 0 Å². The van der Waals surface area contributed by atoms with Gasteiger partial charge in [0.05, 0.1) is 5.56 Å². The zero-order valence-electron chi connectivity index (χ0n) is 9.41. The number of hydrogen-bond acceptors (Lipinski definition) is 3. The van der Waals surface area contributed by atoms with Crippen LogP contribution in [-0.2, 0) is 0 Å². The van der Waals surface area contributed by atoms with Crippen LogP contribution in [0.15, 0.2) is 18.2 Å². The van der Waals surface area contributed by atoms with Crippen molar-refractivity contribution in [2.45, 2.75) is 18.1 Å². The second-order valence-electron chi connectivity index (χ2n) is 4.08. The second kappa shape index (κ2) is 5.40. The average Bonchev–Trinajstić information content (AvgIpc) is 2.78. The lowest BCUT2D eigenvalue weighted by Gasteiger charge is -2.11. The summed E-state index contributed by atoms with van der Waals surface area (Å²) < 4.78 is 12.8. The quantitative estimate of drug-likeness (QED) is 0.812. The third-order valence-electron chi connectivity index (χ3n) is 2.77. The molecule has 3 nitrogen and oxygen atoms in total. The maximum atomic E-state index is 12.8. The van der Waals surface area contributed by atoms with Crippen molar-refractivity contribution in [2.24, 2.45) is 0 Å². The zero-order chi connectivity index (χ0) is 12.3. The first kappa shape index (κ1) is 12.2. The van der Waals surface area contributed by atoms with Crippen LogP contribution in [0, 0.1) is 5.82 Å². The molecule has 1 fully saturated rings. The second-order valence-corrected chi connectivity index (χ2v) is 5.48. The number of nitrogen functional groups attached to an aromatic ring is 1. The minimum atomic E-state index is -0.426. The standard InChI is InChI=1S/C12H15FN2OS/c13-8-3-4-10(11(14)6-8)12(16)15-7-9-2-1-5-17-9/h3-4,6,9H,1-2,5,7,14H2,(H,15,16). The first-order valence-electron chi connectivity index (χ1n) is 5.61. The number of benzene rings is 1. The van der Waals surface area contributed by atoms with E-state index in [0.29, 0.717) is 17.4 Å².